The van der Waals surface area contributed by atoms with E-state index >= 15 is 0 Å². The summed E-state index contributed by atoms with van der Waals surface area (Å²) in [4.78, 5) is 11.5. The first-order valence-electron chi connectivity index (χ1n) is 4.44. The maximum absolute atomic E-state index is 12.5. The van der Waals surface area contributed by atoms with Crippen LogP contribution in [-0.4, -0.2) is 12.0 Å². The van der Waals surface area contributed by atoms with Gasteiger partial charge in [0.2, 0.25) is 0 Å². The van der Waals surface area contributed by atoms with E-state index in [0.29, 0.717) is 12.8 Å². The first-order chi connectivity index (χ1) is 5.82. The minimum atomic E-state index is -4.32. The second kappa shape index (κ2) is 2.10. The molecule has 2 fully saturated rings. The Labute approximate surface area is 74.3 Å². The number of ketones is 1. The number of Topliss-reactive ketones (excluding diaryl/α,β-unsaturated/α-hetero) is 1. The molecule has 13 heavy (non-hydrogen) atoms. The van der Waals surface area contributed by atoms with Gasteiger partial charge in [-0.15, -0.1) is 0 Å². The van der Waals surface area contributed by atoms with E-state index in [2.05, 4.69) is 0 Å². The van der Waals surface area contributed by atoms with Crippen LogP contribution < -0.4 is 0 Å². The number of halogens is 3. The molecule has 2 aliphatic rings. The SMILES string of the molecule is CC1(C(=O)C2(C(F)(F)F)CC2)CC1. The first-order valence-corrected chi connectivity index (χ1v) is 4.44. The second-order valence-corrected chi connectivity index (χ2v) is 4.47. The molecule has 0 aromatic rings. The molecule has 2 rings (SSSR count). The van der Waals surface area contributed by atoms with Crippen molar-refractivity contribution in [3.05, 3.63) is 0 Å². The van der Waals surface area contributed by atoms with E-state index in [-0.39, 0.29) is 12.8 Å². The molecule has 0 N–H and O–H groups in total. The summed E-state index contributed by atoms with van der Waals surface area (Å²) in [5, 5.41) is 0. The summed E-state index contributed by atoms with van der Waals surface area (Å²) in [5.74, 6) is -0.562. The van der Waals surface area contributed by atoms with E-state index in [9.17, 15) is 18.0 Å². The summed E-state index contributed by atoms with van der Waals surface area (Å²) < 4.78 is 37.5. The Morgan fingerprint density at radius 3 is 1.85 bits per heavy atom. The molecular formula is C9H11F3O. The van der Waals surface area contributed by atoms with E-state index in [4.69, 9.17) is 0 Å². The van der Waals surface area contributed by atoms with Crippen molar-refractivity contribution in [3.63, 3.8) is 0 Å². The lowest BCUT2D eigenvalue weighted by Crippen LogP contribution is -2.36. The second-order valence-electron chi connectivity index (χ2n) is 4.47. The summed E-state index contributed by atoms with van der Waals surface area (Å²) in [5.41, 5.74) is -2.59. The molecule has 0 aromatic heterocycles. The van der Waals surface area contributed by atoms with Crippen LogP contribution in [0.2, 0.25) is 0 Å². The number of alkyl halides is 3. The van der Waals surface area contributed by atoms with Gasteiger partial charge in [0.15, 0.2) is 5.78 Å². The molecule has 0 saturated heterocycles. The Balaban J connectivity index is 2.21. The van der Waals surface area contributed by atoms with E-state index in [0.717, 1.165) is 0 Å². The van der Waals surface area contributed by atoms with Gasteiger partial charge in [-0.25, -0.2) is 0 Å². The van der Waals surface area contributed by atoms with E-state index in [1.807, 2.05) is 0 Å². The van der Waals surface area contributed by atoms with Gasteiger partial charge in [0.25, 0.3) is 0 Å². The summed E-state index contributed by atoms with van der Waals surface area (Å²) in [6.07, 6.45) is -3.06. The van der Waals surface area contributed by atoms with Gasteiger partial charge in [-0.3, -0.25) is 4.79 Å². The molecule has 0 spiro atoms. The predicted octanol–water partition coefficient (Wildman–Crippen LogP) is 2.70. The van der Waals surface area contributed by atoms with Gasteiger partial charge in [-0.05, 0) is 25.7 Å². The van der Waals surface area contributed by atoms with Gasteiger partial charge in [-0.2, -0.15) is 13.2 Å². The highest BCUT2D eigenvalue weighted by molar-refractivity contribution is 5.95. The van der Waals surface area contributed by atoms with Gasteiger partial charge in [0.05, 0.1) is 0 Å². The van der Waals surface area contributed by atoms with Crippen LogP contribution in [-0.2, 0) is 4.79 Å². The molecule has 0 bridgehead atoms. The largest absolute Gasteiger partial charge is 0.401 e. The van der Waals surface area contributed by atoms with Gasteiger partial charge in [-0.1, -0.05) is 6.92 Å². The molecule has 4 heteroatoms. The summed E-state index contributed by atoms with van der Waals surface area (Å²) in [6, 6.07) is 0. The predicted molar refractivity (Wildman–Crippen MR) is 40.1 cm³/mol. The van der Waals surface area contributed by atoms with Crippen LogP contribution in [0.15, 0.2) is 0 Å². The van der Waals surface area contributed by atoms with E-state index < -0.39 is 22.8 Å². The van der Waals surface area contributed by atoms with Crippen molar-refractivity contribution >= 4 is 5.78 Å². The monoisotopic (exact) mass is 192 g/mol. The minimum absolute atomic E-state index is 0.00488. The number of carbonyl (C=O) groups is 1. The molecular weight excluding hydrogens is 181 g/mol. The lowest BCUT2D eigenvalue weighted by molar-refractivity contribution is -0.193. The molecule has 0 amide bonds. The highest BCUT2D eigenvalue weighted by atomic mass is 19.4. The average Bonchev–Trinajstić information content (AvgIpc) is 2.77. The standard InChI is InChI=1S/C9H11F3O/c1-7(2-3-7)6(13)8(4-5-8)9(10,11)12/h2-5H2,1H3. The Hall–Kier alpha value is -0.540. The zero-order valence-corrected chi connectivity index (χ0v) is 7.37. The third kappa shape index (κ3) is 1.11. The normalized spacial score (nSPS) is 28.3. The molecule has 0 atom stereocenters. The lowest BCUT2D eigenvalue weighted by atomic mass is 9.88. The maximum Gasteiger partial charge on any atom is 0.401 e. The molecule has 2 aliphatic carbocycles. The fourth-order valence-corrected chi connectivity index (χ4v) is 1.76. The molecule has 1 nitrogen and oxygen atoms in total. The summed E-state index contributed by atoms with van der Waals surface area (Å²) in [6.45, 7) is 1.64. The quantitative estimate of drug-likeness (QED) is 0.657. The third-order valence-corrected chi connectivity index (χ3v) is 3.28. The zero-order valence-electron chi connectivity index (χ0n) is 7.37. The fraction of sp³-hybridized carbons (Fsp3) is 0.889. The van der Waals surface area contributed by atoms with Crippen molar-refractivity contribution in [2.75, 3.05) is 0 Å². The van der Waals surface area contributed by atoms with Crippen molar-refractivity contribution in [2.45, 2.75) is 38.8 Å². The molecule has 0 unspecified atom stereocenters. The third-order valence-electron chi connectivity index (χ3n) is 3.28. The van der Waals surface area contributed by atoms with Crippen molar-refractivity contribution in [1.82, 2.24) is 0 Å². The minimum Gasteiger partial charge on any atom is -0.298 e. The molecule has 0 radical (unpaired) electrons. The fourth-order valence-electron chi connectivity index (χ4n) is 1.76. The highest BCUT2D eigenvalue weighted by Gasteiger charge is 2.72. The molecule has 0 aliphatic heterocycles. The number of hydrogen-bond acceptors (Lipinski definition) is 1. The Morgan fingerprint density at radius 2 is 1.62 bits per heavy atom. The Morgan fingerprint density at radius 1 is 1.15 bits per heavy atom. The van der Waals surface area contributed by atoms with Gasteiger partial charge in [0, 0.05) is 5.41 Å². The topological polar surface area (TPSA) is 17.1 Å². The van der Waals surface area contributed by atoms with Crippen molar-refractivity contribution in [2.24, 2.45) is 10.8 Å². The lowest BCUT2D eigenvalue weighted by Gasteiger charge is -2.21. The number of rotatable bonds is 2. The van der Waals surface area contributed by atoms with Crippen LogP contribution in [0.5, 0.6) is 0 Å². The van der Waals surface area contributed by atoms with Gasteiger partial charge < -0.3 is 0 Å². The smallest absolute Gasteiger partial charge is 0.298 e. The maximum atomic E-state index is 12.5. The van der Waals surface area contributed by atoms with Gasteiger partial charge >= 0.3 is 6.18 Å². The number of hydrogen-bond donors (Lipinski definition) is 0. The van der Waals surface area contributed by atoms with Crippen molar-refractivity contribution in [3.8, 4) is 0 Å². The van der Waals surface area contributed by atoms with Gasteiger partial charge in [0.1, 0.15) is 5.41 Å². The van der Waals surface area contributed by atoms with Crippen LogP contribution in [0.25, 0.3) is 0 Å². The van der Waals surface area contributed by atoms with Crippen LogP contribution in [0, 0.1) is 10.8 Å². The van der Waals surface area contributed by atoms with Crippen LogP contribution in [0.3, 0.4) is 0 Å². The van der Waals surface area contributed by atoms with E-state index in [1.165, 1.54) is 0 Å². The molecule has 0 aromatic carbocycles. The van der Waals surface area contributed by atoms with Crippen LogP contribution >= 0.6 is 0 Å². The number of carbonyl (C=O) groups excluding carboxylic acids is 1. The average molecular weight is 192 g/mol. The molecule has 74 valence electrons. The van der Waals surface area contributed by atoms with Crippen LogP contribution in [0.4, 0.5) is 13.2 Å². The summed E-state index contributed by atoms with van der Waals surface area (Å²) in [7, 11) is 0. The van der Waals surface area contributed by atoms with Crippen LogP contribution in [0.1, 0.15) is 32.6 Å². The molecule has 2 saturated carbocycles. The Kier molecular flexibility index (Phi) is 1.46. The van der Waals surface area contributed by atoms with Crippen molar-refractivity contribution < 1.29 is 18.0 Å². The first kappa shape index (κ1) is 9.03. The van der Waals surface area contributed by atoms with Crippen molar-refractivity contribution in [1.29, 1.82) is 0 Å². The Bertz CT molecular complexity index is 259. The zero-order chi connectivity index (χ0) is 9.91. The highest BCUT2D eigenvalue weighted by Crippen LogP contribution is 2.64. The summed E-state index contributed by atoms with van der Waals surface area (Å²) >= 11 is 0. The molecule has 0 heterocycles. The van der Waals surface area contributed by atoms with E-state index in [1.54, 1.807) is 6.92 Å².